The van der Waals surface area contributed by atoms with Crippen LogP contribution in [0.2, 0.25) is 0 Å². The highest BCUT2D eigenvalue weighted by Crippen LogP contribution is 2.23. The Morgan fingerprint density at radius 2 is 2.21 bits per heavy atom. The summed E-state index contributed by atoms with van der Waals surface area (Å²) in [4.78, 5) is 19.1. The number of nitrogens with zero attached hydrogens (tertiary/aromatic N) is 2. The van der Waals surface area contributed by atoms with E-state index in [0.717, 1.165) is 38.0 Å². The molecule has 128 valence electrons. The SMILES string of the molecule is CCN1Cc2ccccc2C[C@@H]1C(=O)NCCCc1csc(N)n1. The van der Waals surface area contributed by atoms with E-state index < -0.39 is 0 Å². The Morgan fingerprint density at radius 3 is 2.92 bits per heavy atom. The highest BCUT2D eigenvalue weighted by Gasteiger charge is 2.29. The summed E-state index contributed by atoms with van der Waals surface area (Å²) in [5, 5.41) is 5.67. The van der Waals surface area contributed by atoms with E-state index in [9.17, 15) is 4.79 Å². The second-order valence-electron chi connectivity index (χ2n) is 6.12. The third kappa shape index (κ3) is 3.94. The molecule has 1 aromatic carbocycles. The second-order valence-corrected chi connectivity index (χ2v) is 7.01. The number of hydrogen-bond donors (Lipinski definition) is 2. The van der Waals surface area contributed by atoms with Crippen LogP contribution in [-0.2, 0) is 24.2 Å². The third-order valence-electron chi connectivity index (χ3n) is 4.53. The predicted octanol–water partition coefficient (Wildman–Crippen LogP) is 2.22. The van der Waals surface area contributed by atoms with E-state index in [1.165, 1.54) is 22.5 Å². The number of nitrogen functional groups attached to an aromatic ring is 1. The summed E-state index contributed by atoms with van der Waals surface area (Å²) >= 11 is 1.46. The largest absolute Gasteiger partial charge is 0.375 e. The smallest absolute Gasteiger partial charge is 0.237 e. The van der Waals surface area contributed by atoms with Gasteiger partial charge in [0.25, 0.3) is 0 Å². The molecule has 0 saturated carbocycles. The summed E-state index contributed by atoms with van der Waals surface area (Å²) in [6.45, 7) is 4.51. The Hall–Kier alpha value is -1.92. The molecule has 0 radical (unpaired) electrons. The van der Waals surface area contributed by atoms with Gasteiger partial charge in [-0.2, -0.15) is 0 Å². The van der Waals surface area contributed by atoms with Crippen LogP contribution < -0.4 is 11.1 Å². The molecule has 0 saturated heterocycles. The van der Waals surface area contributed by atoms with Crippen molar-refractivity contribution in [3.63, 3.8) is 0 Å². The van der Waals surface area contributed by atoms with Gasteiger partial charge in [-0.1, -0.05) is 31.2 Å². The fourth-order valence-corrected chi connectivity index (χ4v) is 3.80. The number of likely N-dealkylation sites (N-methyl/N-ethyl adjacent to an activating group) is 1. The molecule has 0 spiro atoms. The lowest BCUT2D eigenvalue weighted by Crippen LogP contribution is -2.50. The normalized spacial score (nSPS) is 17.5. The molecular weight excluding hydrogens is 320 g/mol. The summed E-state index contributed by atoms with van der Waals surface area (Å²) in [5.74, 6) is 0.129. The zero-order chi connectivity index (χ0) is 16.9. The van der Waals surface area contributed by atoms with E-state index in [1.807, 2.05) is 5.38 Å². The molecule has 6 heteroatoms. The van der Waals surface area contributed by atoms with Crippen LogP contribution in [-0.4, -0.2) is 34.9 Å². The standard InChI is InChI=1S/C18H24N4OS/c1-2-22-11-14-7-4-3-6-13(14)10-16(22)17(23)20-9-5-8-15-12-24-18(19)21-15/h3-4,6-7,12,16H,2,5,8-11H2,1H3,(H2,19,21)(H,20,23)/t16-/m1/s1. The molecule has 1 aliphatic rings. The lowest BCUT2D eigenvalue weighted by atomic mass is 9.93. The Balaban J connectivity index is 1.52. The molecule has 1 atom stereocenters. The maximum atomic E-state index is 12.6. The number of carbonyl (C=O) groups excluding carboxylic acids is 1. The maximum Gasteiger partial charge on any atom is 0.237 e. The molecule has 5 nitrogen and oxygen atoms in total. The van der Waals surface area contributed by atoms with Crippen LogP contribution in [0, 0.1) is 0 Å². The summed E-state index contributed by atoms with van der Waals surface area (Å²) in [6.07, 6.45) is 2.52. The molecule has 24 heavy (non-hydrogen) atoms. The van der Waals surface area contributed by atoms with Gasteiger partial charge < -0.3 is 11.1 Å². The number of nitrogens with two attached hydrogens (primary N) is 1. The Labute approximate surface area is 146 Å². The number of fused-ring (bicyclic) bond motifs is 1. The van der Waals surface area contributed by atoms with Crippen molar-refractivity contribution in [2.24, 2.45) is 0 Å². The van der Waals surface area contributed by atoms with Crippen molar-refractivity contribution in [3.05, 3.63) is 46.5 Å². The van der Waals surface area contributed by atoms with E-state index in [4.69, 9.17) is 5.73 Å². The number of nitrogens with one attached hydrogen (secondary N) is 1. The van der Waals surface area contributed by atoms with Crippen LogP contribution in [0.5, 0.6) is 0 Å². The van der Waals surface area contributed by atoms with Crippen LogP contribution in [0.3, 0.4) is 0 Å². The molecule has 1 aromatic heterocycles. The molecular formula is C18H24N4OS. The minimum atomic E-state index is -0.0696. The molecule has 1 amide bonds. The molecule has 0 fully saturated rings. The highest BCUT2D eigenvalue weighted by atomic mass is 32.1. The topological polar surface area (TPSA) is 71.2 Å². The Bertz CT molecular complexity index is 700. The van der Waals surface area contributed by atoms with Crippen molar-refractivity contribution in [2.45, 2.75) is 38.8 Å². The van der Waals surface area contributed by atoms with E-state index in [0.29, 0.717) is 11.7 Å². The van der Waals surface area contributed by atoms with Gasteiger partial charge in [0.2, 0.25) is 5.91 Å². The zero-order valence-corrected chi connectivity index (χ0v) is 14.8. The molecule has 1 aliphatic heterocycles. The van der Waals surface area contributed by atoms with E-state index >= 15 is 0 Å². The molecule has 2 aromatic rings. The summed E-state index contributed by atoms with van der Waals surface area (Å²) in [6, 6.07) is 8.34. The number of aryl methyl sites for hydroxylation is 1. The first-order chi connectivity index (χ1) is 11.7. The van der Waals surface area contributed by atoms with Crippen LogP contribution >= 0.6 is 11.3 Å². The lowest BCUT2D eigenvalue weighted by molar-refractivity contribution is -0.127. The number of benzene rings is 1. The van der Waals surface area contributed by atoms with Gasteiger partial charge in [0.15, 0.2) is 5.13 Å². The zero-order valence-electron chi connectivity index (χ0n) is 14.0. The van der Waals surface area contributed by atoms with Gasteiger partial charge in [-0.15, -0.1) is 11.3 Å². The molecule has 0 bridgehead atoms. The van der Waals surface area contributed by atoms with E-state index in [-0.39, 0.29) is 11.9 Å². The number of amides is 1. The Morgan fingerprint density at radius 1 is 1.42 bits per heavy atom. The molecule has 2 heterocycles. The average molecular weight is 344 g/mol. The minimum Gasteiger partial charge on any atom is -0.375 e. The molecule has 0 unspecified atom stereocenters. The van der Waals surface area contributed by atoms with Gasteiger partial charge in [-0.05, 0) is 36.9 Å². The summed E-state index contributed by atoms with van der Waals surface area (Å²) < 4.78 is 0. The monoisotopic (exact) mass is 344 g/mol. The highest BCUT2D eigenvalue weighted by molar-refractivity contribution is 7.13. The summed E-state index contributed by atoms with van der Waals surface area (Å²) in [7, 11) is 0. The van der Waals surface area contributed by atoms with Gasteiger partial charge in [0.1, 0.15) is 0 Å². The van der Waals surface area contributed by atoms with E-state index in [2.05, 4.69) is 46.4 Å². The van der Waals surface area contributed by atoms with Crippen molar-refractivity contribution < 1.29 is 4.79 Å². The predicted molar refractivity (Wildman–Crippen MR) is 97.9 cm³/mol. The van der Waals surface area contributed by atoms with Crippen LogP contribution in [0.4, 0.5) is 5.13 Å². The lowest BCUT2D eigenvalue weighted by Gasteiger charge is -2.35. The van der Waals surface area contributed by atoms with Crippen molar-refractivity contribution in [1.29, 1.82) is 0 Å². The first-order valence-corrected chi connectivity index (χ1v) is 9.33. The number of anilines is 1. The number of hydrogen-bond acceptors (Lipinski definition) is 5. The second kappa shape index (κ2) is 7.77. The molecule has 3 rings (SSSR count). The number of thiazole rings is 1. The first kappa shape index (κ1) is 16.9. The fraction of sp³-hybridized carbons (Fsp3) is 0.444. The number of rotatable bonds is 6. The van der Waals surface area contributed by atoms with Gasteiger partial charge in [-0.3, -0.25) is 9.69 Å². The Kier molecular flexibility index (Phi) is 5.48. The van der Waals surface area contributed by atoms with Gasteiger partial charge in [-0.25, -0.2) is 4.98 Å². The third-order valence-corrected chi connectivity index (χ3v) is 5.26. The first-order valence-electron chi connectivity index (χ1n) is 8.45. The van der Waals surface area contributed by atoms with Crippen LogP contribution in [0.25, 0.3) is 0 Å². The van der Waals surface area contributed by atoms with Crippen molar-refractivity contribution >= 4 is 22.4 Å². The number of aromatic nitrogens is 1. The minimum absolute atomic E-state index is 0.0696. The van der Waals surface area contributed by atoms with Crippen molar-refractivity contribution in [3.8, 4) is 0 Å². The molecule has 3 N–H and O–H groups in total. The van der Waals surface area contributed by atoms with Gasteiger partial charge in [0, 0.05) is 18.5 Å². The van der Waals surface area contributed by atoms with Crippen molar-refractivity contribution in [1.82, 2.24) is 15.2 Å². The quantitative estimate of drug-likeness (QED) is 0.788. The maximum absolute atomic E-state index is 12.6. The van der Waals surface area contributed by atoms with Gasteiger partial charge >= 0.3 is 0 Å². The van der Waals surface area contributed by atoms with Crippen molar-refractivity contribution in [2.75, 3.05) is 18.8 Å². The van der Waals surface area contributed by atoms with Crippen LogP contribution in [0.1, 0.15) is 30.2 Å². The fourth-order valence-electron chi connectivity index (χ4n) is 3.20. The summed E-state index contributed by atoms with van der Waals surface area (Å²) in [5.41, 5.74) is 9.27. The van der Waals surface area contributed by atoms with E-state index in [1.54, 1.807) is 0 Å². The van der Waals surface area contributed by atoms with Crippen LogP contribution in [0.15, 0.2) is 29.6 Å². The van der Waals surface area contributed by atoms with Gasteiger partial charge in [0.05, 0.1) is 11.7 Å². The number of carbonyl (C=O) groups is 1. The molecule has 0 aliphatic carbocycles. The average Bonchev–Trinajstić information content (AvgIpc) is 3.02.